The van der Waals surface area contributed by atoms with E-state index in [2.05, 4.69) is 66.4 Å². The monoisotopic (exact) mass is 330 g/mol. The van der Waals surface area contributed by atoms with Crippen molar-refractivity contribution in [2.75, 3.05) is 45.3 Å². The molecule has 0 radical (unpaired) electrons. The first-order valence-corrected chi connectivity index (χ1v) is 8.37. The number of halogens is 1. The lowest BCUT2D eigenvalue weighted by Crippen LogP contribution is -2.36. The van der Waals surface area contributed by atoms with Crippen LogP contribution in [-0.2, 0) is 11.3 Å². The van der Waals surface area contributed by atoms with E-state index in [-0.39, 0.29) is 0 Å². The first-order valence-electron chi connectivity index (χ1n) is 8.00. The molecule has 1 heterocycles. The molecule has 1 fully saturated rings. The number of morpholine rings is 1. The zero-order chi connectivity index (χ0) is 16.2. The maximum atomic E-state index is 6.57. The summed E-state index contributed by atoms with van der Waals surface area (Å²) in [6, 6.07) is 14.9. The molecule has 4 heteroatoms. The van der Waals surface area contributed by atoms with E-state index in [1.54, 1.807) is 0 Å². The molecule has 1 saturated heterocycles. The minimum absolute atomic E-state index is 0.784. The maximum Gasteiger partial charge on any atom is 0.0642 e. The Kier molecular flexibility index (Phi) is 5.21. The van der Waals surface area contributed by atoms with Crippen LogP contribution in [-0.4, -0.2) is 45.3 Å². The van der Waals surface area contributed by atoms with Gasteiger partial charge in [0.05, 0.1) is 18.2 Å². The summed E-state index contributed by atoms with van der Waals surface area (Å²) < 4.78 is 5.41. The number of anilines is 1. The zero-order valence-corrected chi connectivity index (χ0v) is 14.5. The van der Waals surface area contributed by atoms with E-state index < -0.39 is 0 Å². The van der Waals surface area contributed by atoms with E-state index in [0.717, 1.165) is 43.4 Å². The molecule has 1 aliphatic heterocycles. The quantitative estimate of drug-likeness (QED) is 0.845. The Morgan fingerprint density at radius 1 is 1.09 bits per heavy atom. The molecular formula is C19H23ClN2O. The predicted molar refractivity (Wildman–Crippen MR) is 97.3 cm³/mol. The Morgan fingerprint density at radius 3 is 2.57 bits per heavy atom. The van der Waals surface area contributed by atoms with Crippen LogP contribution in [0, 0.1) is 0 Å². The van der Waals surface area contributed by atoms with Crippen molar-refractivity contribution in [1.29, 1.82) is 0 Å². The van der Waals surface area contributed by atoms with Crippen LogP contribution in [0.5, 0.6) is 0 Å². The summed E-state index contributed by atoms with van der Waals surface area (Å²) in [5, 5.41) is 0.802. The van der Waals surface area contributed by atoms with Crippen LogP contribution < -0.4 is 4.90 Å². The molecule has 0 aliphatic carbocycles. The first kappa shape index (κ1) is 16.3. The summed E-state index contributed by atoms with van der Waals surface area (Å²) in [5.41, 5.74) is 4.72. The molecule has 0 N–H and O–H groups in total. The molecule has 0 amide bonds. The van der Waals surface area contributed by atoms with E-state index in [1.807, 2.05) is 0 Å². The molecule has 1 aliphatic rings. The van der Waals surface area contributed by atoms with E-state index in [0.29, 0.717) is 0 Å². The van der Waals surface area contributed by atoms with Crippen LogP contribution in [0.4, 0.5) is 5.69 Å². The molecule has 23 heavy (non-hydrogen) atoms. The fraction of sp³-hybridized carbons (Fsp3) is 0.368. The Bertz CT molecular complexity index is 666. The lowest BCUT2D eigenvalue weighted by atomic mass is 10.0. The van der Waals surface area contributed by atoms with Crippen molar-refractivity contribution in [3.63, 3.8) is 0 Å². The van der Waals surface area contributed by atoms with E-state index in [4.69, 9.17) is 16.3 Å². The predicted octanol–water partition coefficient (Wildman–Crippen LogP) is 3.91. The topological polar surface area (TPSA) is 15.7 Å². The van der Waals surface area contributed by atoms with Crippen molar-refractivity contribution in [3.8, 4) is 11.1 Å². The van der Waals surface area contributed by atoms with E-state index in [9.17, 15) is 0 Å². The van der Waals surface area contributed by atoms with Gasteiger partial charge in [0.25, 0.3) is 0 Å². The van der Waals surface area contributed by atoms with Crippen molar-refractivity contribution in [2.45, 2.75) is 6.54 Å². The minimum atomic E-state index is 0.784. The minimum Gasteiger partial charge on any atom is -0.378 e. The fourth-order valence-corrected chi connectivity index (χ4v) is 3.24. The van der Waals surface area contributed by atoms with E-state index >= 15 is 0 Å². The zero-order valence-electron chi connectivity index (χ0n) is 13.8. The standard InChI is InChI=1S/C19H23ClN2O/c1-21(2)14-15-4-3-5-16(12-15)18-7-6-17(13-19(18)20)22-8-10-23-11-9-22/h3-7,12-13H,8-11,14H2,1-2H3. The fourth-order valence-electron chi connectivity index (χ4n) is 2.96. The number of benzene rings is 2. The maximum absolute atomic E-state index is 6.57. The van der Waals surface area contributed by atoms with Crippen molar-refractivity contribution >= 4 is 17.3 Å². The molecule has 0 bridgehead atoms. The van der Waals surface area contributed by atoms with Crippen LogP contribution in [0.3, 0.4) is 0 Å². The van der Waals surface area contributed by atoms with Gasteiger partial charge in [-0.3, -0.25) is 0 Å². The third-order valence-corrected chi connectivity index (χ3v) is 4.38. The highest BCUT2D eigenvalue weighted by Crippen LogP contribution is 2.32. The van der Waals surface area contributed by atoms with Gasteiger partial charge in [0.2, 0.25) is 0 Å². The second-order valence-electron chi connectivity index (χ2n) is 6.20. The molecule has 2 aromatic rings. The van der Waals surface area contributed by atoms with Crippen molar-refractivity contribution in [1.82, 2.24) is 4.90 Å². The van der Waals surface area contributed by atoms with Crippen LogP contribution in [0.25, 0.3) is 11.1 Å². The van der Waals surface area contributed by atoms with Crippen molar-refractivity contribution in [3.05, 3.63) is 53.1 Å². The average Bonchev–Trinajstić information content (AvgIpc) is 2.55. The first-order chi connectivity index (χ1) is 11.1. The molecule has 0 atom stereocenters. The summed E-state index contributed by atoms with van der Waals surface area (Å²) in [6.45, 7) is 4.34. The van der Waals surface area contributed by atoms with Crippen LogP contribution in [0.1, 0.15) is 5.56 Å². The molecule has 3 nitrogen and oxygen atoms in total. The highest BCUT2D eigenvalue weighted by molar-refractivity contribution is 6.33. The number of ether oxygens (including phenoxy) is 1. The van der Waals surface area contributed by atoms with Gasteiger partial charge in [0, 0.05) is 30.9 Å². The highest BCUT2D eigenvalue weighted by Gasteiger charge is 2.13. The molecule has 0 spiro atoms. The van der Waals surface area contributed by atoms with Crippen molar-refractivity contribution in [2.24, 2.45) is 0 Å². The average molecular weight is 331 g/mol. The molecule has 0 unspecified atom stereocenters. The van der Waals surface area contributed by atoms with Gasteiger partial charge >= 0.3 is 0 Å². The second-order valence-corrected chi connectivity index (χ2v) is 6.61. The lowest BCUT2D eigenvalue weighted by Gasteiger charge is -2.29. The normalized spacial score (nSPS) is 15.2. The second kappa shape index (κ2) is 7.35. The number of hydrogen-bond donors (Lipinski definition) is 0. The van der Waals surface area contributed by atoms with E-state index in [1.165, 1.54) is 16.8 Å². The Morgan fingerprint density at radius 2 is 1.87 bits per heavy atom. The smallest absolute Gasteiger partial charge is 0.0642 e. The van der Waals surface area contributed by atoms with Crippen LogP contribution in [0.2, 0.25) is 5.02 Å². The van der Waals surface area contributed by atoms with Gasteiger partial charge in [-0.25, -0.2) is 0 Å². The Balaban J connectivity index is 1.85. The summed E-state index contributed by atoms with van der Waals surface area (Å²) in [4.78, 5) is 4.49. The molecular weight excluding hydrogens is 308 g/mol. The summed E-state index contributed by atoms with van der Waals surface area (Å²) in [6.07, 6.45) is 0. The van der Waals surface area contributed by atoms with Gasteiger partial charge in [-0.2, -0.15) is 0 Å². The molecule has 3 rings (SSSR count). The van der Waals surface area contributed by atoms with Crippen LogP contribution >= 0.6 is 11.6 Å². The van der Waals surface area contributed by atoms with Gasteiger partial charge in [-0.15, -0.1) is 0 Å². The number of nitrogens with zero attached hydrogens (tertiary/aromatic N) is 2. The molecule has 0 saturated carbocycles. The van der Waals surface area contributed by atoms with Gasteiger partial charge in [-0.1, -0.05) is 35.9 Å². The SMILES string of the molecule is CN(C)Cc1cccc(-c2ccc(N3CCOCC3)cc2Cl)c1. The number of rotatable bonds is 4. The van der Waals surface area contributed by atoms with Gasteiger partial charge in [-0.05, 0) is 43.4 Å². The number of hydrogen-bond acceptors (Lipinski definition) is 3. The van der Waals surface area contributed by atoms with Gasteiger partial charge in [0.1, 0.15) is 0 Å². The third kappa shape index (κ3) is 4.05. The van der Waals surface area contributed by atoms with Gasteiger partial charge in [0.15, 0.2) is 0 Å². The van der Waals surface area contributed by atoms with Crippen LogP contribution in [0.15, 0.2) is 42.5 Å². The largest absolute Gasteiger partial charge is 0.378 e. The lowest BCUT2D eigenvalue weighted by molar-refractivity contribution is 0.122. The van der Waals surface area contributed by atoms with Gasteiger partial charge < -0.3 is 14.5 Å². The summed E-state index contributed by atoms with van der Waals surface area (Å²) in [7, 11) is 4.16. The molecule has 2 aromatic carbocycles. The Hall–Kier alpha value is -1.55. The summed E-state index contributed by atoms with van der Waals surface area (Å²) >= 11 is 6.57. The Labute approximate surface area is 143 Å². The summed E-state index contributed by atoms with van der Waals surface area (Å²) in [5.74, 6) is 0. The highest BCUT2D eigenvalue weighted by atomic mass is 35.5. The third-order valence-electron chi connectivity index (χ3n) is 4.07. The van der Waals surface area contributed by atoms with Crippen molar-refractivity contribution < 1.29 is 4.74 Å². The molecule has 122 valence electrons. The molecule has 0 aromatic heterocycles.